The number of imidazole rings is 1. The number of likely N-dealkylation sites (tertiary alicyclic amines) is 2. The van der Waals surface area contributed by atoms with Gasteiger partial charge in [-0.25, -0.2) is 4.98 Å². The molecule has 2 aromatic heterocycles. The summed E-state index contributed by atoms with van der Waals surface area (Å²) in [5.74, 6) is 1.25. The van der Waals surface area contributed by atoms with Crippen molar-refractivity contribution in [2.45, 2.75) is 45.7 Å². The van der Waals surface area contributed by atoms with Crippen molar-refractivity contribution in [2.75, 3.05) is 19.6 Å². The third-order valence-corrected chi connectivity index (χ3v) is 5.60. The number of rotatable bonds is 4. The quantitative estimate of drug-likeness (QED) is 0.907. The summed E-state index contributed by atoms with van der Waals surface area (Å²) < 4.78 is 0. The lowest BCUT2D eigenvalue weighted by atomic mass is 9.73. The van der Waals surface area contributed by atoms with E-state index in [1.54, 1.807) is 18.6 Å². The van der Waals surface area contributed by atoms with Gasteiger partial charge >= 0.3 is 0 Å². The lowest BCUT2D eigenvalue weighted by molar-refractivity contribution is -0.140. The van der Waals surface area contributed by atoms with Crippen LogP contribution in [0.25, 0.3) is 0 Å². The second kappa shape index (κ2) is 7.15. The van der Waals surface area contributed by atoms with Gasteiger partial charge in [-0.1, -0.05) is 0 Å². The lowest BCUT2D eigenvalue weighted by Gasteiger charge is -2.48. The molecule has 0 bridgehead atoms. The van der Waals surface area contributed by atoms with Crippen molar-refractivity contribution >= 4 is 5.91 Å². The molecule has 0 saturated carbocycles. The first-order valence-electron chi connectivity index (χ1n) is 9.38. The molecule has 1 atom stereocenters. The lowest BCUT2D eigenvalue weighted by Crippen LogP contribution is -2.53. The summed E-state index contributed by atoms with van der Waals surface area (Å²) >= 11 is 0. The number of carbonyl (C=O) groups is 1. The third kappa shape index (κ3) is 3.77. The van der Waals surface area contributed by atoms with Crippen LogP contribution in [-0.4, -0.2) is 55.3 Å². The van der Waals surface area contributed by atoms with Crippen LogP contribution >= 0.6 is 0 Å². The Morgan fingerprint density at radius 3 is 2.85 bits per heavy atom. The Bertz CT molecular complexity index is 744. The van der Waals surface area contributed by atoms with Crippen LogP contribution in [0, 0.1) is 12.3 Å². The van der Waals surface area contributed by atoms with E-state index in [2.05, 4.69) is 24.8 Å². The zero-order valence-electron chi connectivity index (χ0n) is 15.3. The van der Waals surface area contributed by atoms with Gasteiger partial charge in [-0.3, -0.25) is 19.7 Å². The summed E-state index contributed by atoms with van der Waals surface area (Å²) in [5, 5.41) is 0. The van der Waals surface area contributed by atoms with Gasteiger partial charge in [0, 0.05) is 43.5 Å². The average molecular weight is 354 g/mol. The Balaban J connectivity index is 1.44. The van der Waals surface area contributed by atoms with Gasteiger partial charge in [0.15, 0.2) is 0 Å². The van der Waals surface area contributed by atoms with Gasteiger partial charge in [0.05, 0.1) is 30.7 Å². The average Bonchev–Trinajstić information content (AvgIpc) is 3.14. The Morgan fingerprint density at radius 2 is 2.08 bits per heavy atom. The van der Waals surface area contributed by atoms with Crippen LogP contribution in [0.2, 0.25) is 0 Å². The predicted molar refractivity (Wildman–Crippen MR) is 97.0 cm³/mol. The predicted octanol–water partition coefficient (Wildman–Crippen LogP) is 1.91. The highest BCUT2D eigenvalue weighted by Crippen LogP contribution is 2.39. The molecule has 2 aliphatic rings. The molecule has 1 amide bonds. The van der Waals surface area contributed by atoms with Crippen LogP contribution < -0.4 is 0 Å². The van der Waals surface area contributed by atoms with Crippen molar-refractivity contribution in [1.82, 2.24) is 29.7 Å². The standard InChI is InChI=1S/C19H26N6O/c1-15-9-23-16(10-22-15)11-25-14-19(5-3-18(25)26)4-2-8-24(13-19)12-17-20-6-7-21-17/h6-7,9-10H,2-5,8,11-14H2,1H3,(H,20,21). The molecule has 0 radical (unpaired) electrons. The van der Waals surface area contributed by atoms with Gasteiger partial charge in [-0.2, -0.15) is 0 Å². The number of H-pyrrole nitrogens is 1. The summed E-state index contributed by atoms with van der Waals surface area (Å²) in [7, 11) is 0. The molecular weight excluding hydrogens is 328 g/mol. The zero-order valence-corrected chi connectivity index (χ0v) is 15.3. The molecule has 2 aliphatic heterocycles. The van der Waals surface area contributed by atoms with Crippen molar-refractivity contribution in [3.8, 4) is 0 Å². The molecule has 26 heavy (non-hydrogen) atoms. The van der Waals surface area contributed by atoms with Crippen molar-refractivity contribution in [2.24, 2.45) is 5.41 Å². The molecule has 2 saturated heterocycles. The molecule has 2 aromatic rings. The maximum Gasteiger partial charge on any atom is 0.222 e. The van der Waals surface area contributed by atoms with Crippen LogP contribution in [0.3, 0.4) is 0 Å². The van der Waals surface area contributed by atoms with E-state index in [0.29, 0.717) is 13.0 Å². The van der Waals surface area contributed by atoms with Gasteiger partial charge in [0.25, 0.3) is 0 Å². The van der Waals surface area contributed by atoms with Crippen molar-refractivity contribution < 1.29 is 4.79 Å². The molecule has 7 nitrogen and oxygen atoms in total. The van der Waals surface area contributed by atoms with Crippen LogP contribution in [0.15, 0.2) is 24.8 Å². The normalized spacial score (nSPS) is 24.3. The van der Waals surface area contributed by atoms with Crippen molar-refractivity contribution in [1.29, 1.82) is 0 Å². The van der Waals surface area contributed by atoms with E-state index in [9.17, 15) is 4.79 Å². The van der Waals surface area contributed by atoms with E-state index >= 15 is 0 Å². The highest BCUT2D eigenvalue weighted by molar-refractivity contribution is 5.77. The Hall–Kier alpha value is -2.28. The van der Waals surface area contributed by atoms with Gasteiger partial charge in [-0.05, 0) is 32.7 Å². The maximum atomic E-state index is 12.5. The molecule has 138 valence electrons. The number of carbonyl (C=O) groups excluding carboxylic acids is 1. The highest BCUT2D eigenvalue weighted by atomic mass is 16.2. The summed E-state index contributed by atoms with van der Waals surface area (Å²) in [4.78, 5) is 33.2. The number of aryl methyl sites for hydroxylation is 1. The van der Waals surface area contributed by atoms with Gasteiger partial charge in [0.2, 0.25) is 5.91 Å². The zero-order chi connectivity index (χ0) is 18.0. The SMILES string of the molecule is Cc1cnc(CN2CC3(CCCN(Cc4ncc[nH]4)C3)CCC2=O)cn1. The van der Waals surface area contributed by atoms with Crippen molar-refractivity contribution in [3.05, 3.63) is 42.0 Å². The van der Waals surface area contributed by atoms with Crippen LogP contribution in [0.1, 0.15) is 42.9 Å². The number of hydrogen-bond donors (Lipinski definition) is 1. The minimum Gasteiger partial charge on any atom is -0.348 e. The number of nitrogens with one attached hydrogen (secondary N) is 1. The fourth-order valence-electron chi connectivity index (χ4n) is 4.32. The largest absolute Gasteiger partial charge is 0.348 e. The molecule has 4 rings (SSSR count). The minimum absolute atomic E-state index is 0.191. The molecule has 1 unspecified atom stereocenters. The Morgan fingerprint density at radius 1 is 1.15 bits per heavy atom. The highest BCUT2D eigenvalue weighted by Gasteiger charge is 2.41. The van der Waals surface area contributed by atoms with Gasteiger partial charge in [-0.15, -0.1) is 0 Å². The Labute approximate surface area is 153 Å². The first kappa shape index (κ1) is 17.1. The second-order valence-corrected chi connectivity index (χ2v) is 7.75. The van der Waals surface area contributed by atoms with Crippen LogP contribution in [0.5, 0.6) is 0 Å². The van der Waals surface area contributed by atoms with E-state index in [0.717, 1.165) is 49.8 Å². The molecule has 0 aliphatic carbocycles. The van der Waals surface area contributed by atoms with Gasteiger partial charge < -0.3 is 9.88 Å². The first-order chi connectivity index (χ1) is 12.6. The molecule has 7 heteroatoms. The number of nitrogens with zero attached hydrogens (tertiary/aromatic N) is 5. The molecule has 1 spiro atoms. The molecule has 1 N–H and O–H groups in total. The molecule has 4 heterocycles. The number of piperidine rings is 2. The molecular formula is C19H26N6O. The number of amides is 1. The fraction of sp³-hybridized carbons (Fsp3) is 0.579. The summed E-state index contributed by atoms with van der Waals surface area (Å²) in [6.07, 6.45) is 11.2. The summed E-state index contributed by atoms with van der Waals surface area (Å²) in [6, 6.07) is 0. The minimum atomic E-state index is 0.191. The fourth-order valence-corrected chi connectivity index (χ4v) is 4.32. The monoisotopic (exact) mass is 354 g/mol. The maximum absolute atomic E-state index is 12.5. The number of aromatic nitrogens is 4. The second-order valence-electron chi connectivity index (χ2n) is 7.75. The first-order valence-corrected chi connectivity index (χ1v) is 9.38. The van der Waals surface area contributed by atoms with Crippen LogP contribution in [-0.2, 0) is 17.9 Å². The number of hydrogen-bond acceptors (Lipinski definition) is 5. The smallest absolute Gasteiger partial charge is 0.222 e. The third-order valence-electron chi connectivity index (χ3n) is 5.60. The summed E-state index contributed by atoms with van der Waals surface area (Å²) in [6.45, 7) is 6.28. The van der Waals surface area contributed by atoms with E-state index < -0.39 is 0 Å². The topological polar surface area (TPSA) is 78.0 Å². The van der Waals surface area contributed by atoms with E-state index in [-0.39, 0.29) is 11.3 Å². The molecule has 2 fully saturated rings. The van der Waals surface area contributed by atoms with Crippen molar-refractivity contribution in [3.63, 3.8) is 0 Å². The van der Waals surface area contributed by atoms with Crippen LogP contribution in [0.4, 0.5) is 0 Å². The Kier molecular flexibility index (Phi) is 4.72. The molecule has 0 aromatic carbocycles. The van der Waals surface area contributed by atoms with E-state index in [1.165, 1.54) is 12.8 Å². The number of aromatic amines is 1. The van der Waals surface area contributed by atoms with E-state index in [1.807, 2.05) is 18.0 Å². The van der Waals surface area contributed by atoms with Gasteiger partial charge in [0.1, 0.15) is 5.82 Å². The van der Waals surface area contributed by atoms with E-state index in [4.69, 9.17) is 0 Å². The summed E-state index contributed by atoms with van der Waals surface area (Å²) in [5.41, 5.74) is 1.96.